The first kappa shape index (κ1) is 23.7. The van der Waals surface area contributed by atoms with Gasteiger partial charge in [-0.3, -0.25) is 0 Å². The molecule has 166 valence electrons. The second-order valence-corrected chi connectivity index (χ2v) is 7.33. The van der Waals surface area contributed by atoms with Crippen molar-refractivity contribution in [2.75, 3.05) is 26.9 Å². The van der Waals surface area contributed by atoms with E-state index >= 15 is 0 Å². The molecule has 8 nitrogen and oxygen atoms in total. The van der Waals surface area contributed by atoms with Gasteiger partial charge in [0, 0.05) is 26.3 Å². The molecule has 0 saturated heterocycles. The predicted molar refractivity (Wildman–Crippen MR) is 120 cm³/mol. The van der Waals surface area contributed by atoms with Gasteiger partial charge in [-0.1, -0.05) is 31.9 Å². The lowest BCUT2D eigenvalue weighted by molar-refractivity contribution is 0.203. The third-order valence-electron chi connectivity index (χ3n) is 4.83. The Morgan fingerprint density at radius 3 is 2.67 bits per heavy atom. The molecule has 8 heteroatoms. The van der Waals surface area contributed by atoms with Crippen LogP contribution in [-0.4, -0.2) is 47.6 Å². The van der Waals surface area contributed by atoms with Crippen molar-refractivity contribution in [3.05, 3.63) is 41.0 Å². The third-order valence-corrected chi connectivity index (χ3v) is 4.83. The van der Waals surface area contributed by atoms with Crippen LogP contribution in [-0.2, 0) is 24.9 Å². The van der Waals surface area contributed by atoms with Crippen LogP contribution in [0.4, 0.5) is 0 Å². The second kappa shape index (κ2) is 12.8. The maximum Gasteiger partial charge on any atom is 0.192 e. The van der Waals surface area contributed by atoms with E-state index in [-0.39, 0.29) is 0 Å². The number of methoxy groups -OCH3 is 1. The van der Waals surface area contributed by atoms with Crippen LogP contribution in [0.25, 0.3) is 0 Å². The van der Waals surface area contributed by atoms with E-state index in [9.17, 15) is 0 Å². The van der Waals surface area contributed by atoms with Crippen molar-refractivity contribution in [1.29, 1.82) is 0 Å². The maximum atomic E-state index is 6.05. The zero-order valence-corrected chi connectivity index (χ0v) is 19.0. The van der Waals surface area contributed by atoms with Crippen LogP contribution in [0.3, 0.4) is 0 Å². The SMILES string of the molecule is CCCCCOc1cc(C)ccc1CN=C(NCCOC)NCc1nnc(C)n1C. The van der Waals surface area contributed by atoms with Crippen LogP contribution in [0.2, 0.25) is 0 Å². The minimum Gasteiger partial charge on any atom is -0.493 e. The van der Waals surface area contributed by atoms with Crippen molar-refractivity contribution in [3.63, 3.8) is 0 Å². The van der Waals surface area contributed by atoms with Gasteiger partial charge in [0.1, 0.15) is 11.6 Å². The zero-order chi connectivity index (χ0) is 21.8. The number of aromatic nitrogens is 3. The number of aryl methyl sites for hydroxylation is 2. The molecule has 0 saturated carbocycles. The average Bonchev–Trinajstić information content (AvgIpc) is 3.06. The number of nitrogens with one attached hydrogen (secondary N) is 2. The molecule has 0 aliphatic heterocycles. The van der Waals surface area contributed by atoms with Crippen molar-refractivity contribution >= 4 is 5.96 Å². The quantitative estimate of drug-likeness (QED) is 0.314. The maximum absolute atomic E-state index is 6.05. The molecule has 30 heavy (non-hydrogen) atoms. The average molecular weight is 417 g/mol. The minimum absolute atomic E-state index is 0.517. The van der Waals surface area contributed by atoms with Crippen LogP contribution in [0.15, 0.2) is 23.2 Å². The molecule has 1 aromatic heterocycles. The first-order valence-corrected chi connectivity index (χ1v) is 10.6. The van der Waals surface area contributed by atoms with E-state index in [4.69, 9.17) is 14.5 Å². The molecule has 0 spiro atoms. The van der Waals surface area contributed by atoms with E-state index < -0.39 is 0 Å². The number of ether oxygens (including phenoxy) is 2. The van der Waals surface area contributed by atoms with E-state index in [1.807, 2.05) is 18.5 Å². The first-order chi connectivity index (χ1) is 14.5. The van der Waals surface area contributed by atoms with Gasteiger partial charge in [0.05, 0.1) is 26.3 Å². The molecule has 0 aliphatic carbocycles. The van der Waals surface area contributed by atoms with E-state index in [1.165, 1.54) is 18.4 Å². The lowest BCUT2D eigenvalue weighted by Crippen LogP contribution is -2.39. The minimum atomic E-state index is 0.517. The molecule has 0 amide bonds. The van der Waals surface area contributed by atoms with E-state index in [0.717, 1.165) is 36.0 Å². The van der Waals surface area contributed by atoms with Crippen molar-refractivity contribution < 1.29 is 9.47 Å². The van der Waals surface area contributed by atoms with Crippen molar-refractivity contribution in [2.45, 2.75) is 53.1 Å². The van der Waals surface area contributed by atoms with Crippen molar-refractivity contribution in [1.82, 2.24) is 25.4 Å². The molecule has 2 aromatic rings. The summed E-state index contributed by atoms with van der Waals surface area (Å²) in [5.74, 6) is 3.34. The summed E-state index contributed by atoms with van der Waals surface area (Å²) in [6, 6.07) is 6.27. The number of unbranched alkanes of at least 4 members (excludes halogenated alkanes) is 2. The summed E-state index contributed by atoms with van der Waals surface area (Å²) in [4.78, 5) is 4.75. The van der Waals surface area contributed by atoms with Crippen LogP contribution in [0.1, 0.15) is 49.0 Å². The summed E-state index contributed by atoms with van der Waals surface area (Å²) in [5.41, 5.74) is 2.25. The van der Waals surface area contributed by atoms with Gasteiger partial charge in [-0.15, -0.1) is 10.2 Å². The summed E-state index contributed by atoms with van der Waals surface area (Å²) in [6.07, 6.45) is 3.43. The van der Waals surface area contributed by atoms with E-state index in [1.54, 1.807) is 7.11 Å². The highest BCUT2D eigenvalue weighted by Gasteiger charge is 2.08. The largest absolute Gasteiger partial charge is 0.493 e. The number of aliphatic imine (C=N–C) groups is 1. The normalized spacial score (nSPS) is 11.6. The van der Waals surface area contributed by atoms with Gasteiger partial charge in [-0.05, 0) is 31.9 Å². The van der Waals surface area contributed by atoms with Crippen LogP contribution in [0, 0.1) is 13.8 Å². The Morgan fingerprint density at radius 1 is 1.13 bits per heavy atom. The summed E-state index contributed by atoms with van der Waals surface area (Å²) < 4.78 is 13.2. The van der Waals surface area contributed by atoms with Gasteiger partial charge in [-0.2, -0.15) is 0 Å². The van der Waals surface area contributed by atoms with Gasteiger partial charge in [-0.25, -0.2) is 4.99 Å². The Balaban J connectivity index is 2.06. The lowest BCUT2D eigenvalue weighted by atomic mass is 10.1. The molecule has 2 N–H and O–H groups in total. The van der Waals surface area contributed by atoms with Crippen LogP contribution in [0.5, 0.6) is 5.75 Å². The standard InChI is InChI=1S/C22H36N6O2/c1-6-7-8-12-30-20-14-17(2)9-10-19(20)15-24-22(23-11-13-29-5)25-16-21-27-26-18(3)28(21)4/h9-10,14H,6-8,11-13,15-16H2,1-5H3,(H2,23,24,25). The number of nitrogens with zero attached hydrogens (tertiary/aromatic N) is 4. The van der Waals surface area contributed by atoms with Gasteiger partial charge < -0.3 is 24.7 Å². The van der Waals surface area contributed by atoms with Crippen molar-refractivity contribution in [3.8, 4) is 5.75 Å². The number of hydrogen-bond acceptors (Lipinski definition) is 5. The number of rotatable bonds is 12. The highest BCUT2D eigenvalue weighted by atomic mass is 16.5. The highest BCUT2D eigenvalue weighted by molar-refractivity contribution is 5.79. The molecule has 1 heterocycles. The number of benzene rings is 1. The molecular formula is C22H36N6O2. The fraction of sp³-hybridized carbons (Fsp3) is 0.591. The van der Waals surface area contributed by atoms with Crippen LogP contribution >= 0.6 is 0 Å². The monoisotopic (exact) mass is 416 g/mol. The predicted octanol–water partition coefficient (Wildman–Crippen LogP) is 2.88. The lowest BCUT2D eigenvalue weighted by Gasteiger charge is -2.14. The molecule has 0 unspecified atom stereocenters. The van der Waals surface area contributed by atoms with Gasteiger partial charge >= 0.3 is 0 Å². The second-order valence-electron chi connectivity index (χ2n) is 7.33. The Bertz CT molecular complexity index is 803. The molecule has 0 atom stereocenters. The fourth-order valence-electron chi connectivity index (χ4n) is 2.84. The summed E-state index contributed by atoms with van der Waals surface area (Å²) in [7, 11) is 3.64. The smallest absolute Gasteiger partial charge is 0.192 e. The van der Waals surface area contributed by atoms with E-state index in [0.29, 0.717) is 32.2 Å². The molecule has 0 aliphatic rings. The Kier molecular flexibility index (Phi) is 10.1. The highest BCUT2D eigenvalue weighted by Crippen LogP contribution is 2.21. The third kappa shape index (κ3) is 7.67. The molecule has 0 radical (unpaired) electrons. The number of guanidine groups is 1. The van der Waals surface area contributed by atoms with Crippen LogP contribution < -0.4 is 15.4 Å². The molecule has 0 fully saturated rings. The Morgan fingerprint density at radius 2 is 1.97 bits per heavy atom. The Hall–Kier alpha value is -2.61. The molecular weight excluding hydrogens is 380 g/mol. The fourth-order valence-corrected chi connectivity index (χ4v) is 2.84. The summed E-state index contributed by atoms with van der Waals surface area (Å²) >= 11 is 0. The first-order valence-electron chi connectivity index (χ1n) is 10.6. The summed E-state index contributed by atoms with van der Waals surface area (Å²) in [6.45, 7) is 9.25. The van der Waals surface area contributed by atoms with Crippen molar-refractivity contribution in [2.24, 2.45) is 12.0 Å². The van der Waals surface area contributed by atoms with Gasteiger partial charge in [0.25, 0.3) is 0 Å². The van der Waals surface area contributed by atoms with Gasteiger partial charge in [0.2, 0.25) is 0 Å². The van der Waals surface area contributed by atoms with E-state index in [2.05, 4.69) is 52.9 Å². The zero-order valence-electron chi connectivity index (χ0n) is 19.0. The number of hydrogen-bond donors (Lipinski definition) is 2. The molecule has 0 bridgehead atoms. The summed E-state index contributed by atoms with van der Waals surface area (Å²) in [5, 5.41) is 14.9. The topological polar surface area (TPSA) is 85.6 Å². The molecule has 1 aromatic carbocycles. The Labute approximate surface area is 180 Å². The molecule has 2 rings (SSSR count). The van der Waals surface area contributed by atoms with Gasteiger partial charge in [0.15, 0.2) is 11.8 Å².